The van der Waals surface area contributed by atoms with Gasteiger partial charge in [-0.05, 0) is 55.7 Å². The highest BCUT2D eigenvalue weighted by atomic mass is 32.1. The molecule has 0 saturated carbocycles. The highest BCUT2D eigenvalue weighted by molar-refractivity contribution is 7.13. The van der Waals surface area contributed by atoms with Gasteiger partial charge in [0.2, 0.25) is 5.91 Å². The van der Waals surface area contributed by atoms with Crippen molar-refractivity contribution in [1.82, 2.24) is 14.7 Å². The number of rotatable bonds is 5. The molecule has 1 aliphatic heterocycles. The van der Waals surface area contributed by atoms with Crippen molar-refractivity contribution in [2.24, 2.45) is 5.92 Å². The lowest BCUT2D eigenvalue weighted by atomic mass is 9.94. The molecule has 5 nitrogen and oxygen atoms in total. The van der Waals surface area contributed by atoms with Crippen LogP contribution in [0.15, 0.2) is 58.7 Å². The SMILES string of the molecule is Cc1ccc([C@H](C)C(=O)N2CCC[C@H](Cn3nc(-c4cccs4)ccc3=O)C2)cc1. The molecule has 1 aromatic carbocycles. The number of hydrogen-bond donors (Lipinski definition) is 0. The average molecular weight is 422 g/mol. The van der Waals surface area contributed by atoms with E-state index in [-0.39, 0.29) is 23.3 Å². The van der Waals surface area contributed by atoms with Crippen molar-refractivity contribution in [3.05, 3.63) is 75.4 Å². The van der Waals surface area contributed by atoms with Crippen molar-refractivity contribution >= 4 is 17.2 Å². The Morgan fingerprint density at radius 3 is 2.73 bits per heavy atom. The molecule has 0 spiro atoms. The van der Waals surface area contributed by atoms with E-state index in [0.29, 0.717) is 13.1 Å². The normalized spacial score (nSPS) is 17.7. The third-order valence-corrected chi connectivity index (χ3v) is 6.74. The number of aromatic nitrogens is 2. The van der Waals surface area contributed by atoms with Gasteiger partial charge in [0.25, 0.3) is 5.56 Å². The van der Waals surface area contributed by atoms with E-state index < -0.39 is 0 Å². The first-order valence-corrected chi connectivity index (χ1v) is 11.4. The van der Waals surface area contributed by atoms with Crippen molar-refractivity contribution < 1.29 is 4.79 Å². The van der Waals surface area contributed by atoms with E-state index in [9.17, 15) is 9.59 Å². The number of benzene rings is 1. The van der Waals surface area contributed by atoms with Gasteiger partial charge in [0.15, 0.2) is 0 Å². The first-order chi connectivity index (χ1) is 14.5. The Kier molecular flexibility index (Phi) is 6.13. The van der Waals surface area contributed by atoms with E-state index in [4.69, 9.17) is 0 Å². The number of carbonyl (C=O) groups is 1. The standard InChI is InChI=1S/C24H27N3O2S/c1-17-7-9-20(10-8-17)18(2)24(29)26-13-3-5-19(15-26)16-27-23(28)12-11-21(25-27)22-6-4-14-30-22/h4,6-12,14,18-19H,3,5,13,15-16H2,1-2H3/t18-,19-/m0/s1. The summed E-state index contributed by atoms with van der Waals surface area (Å²) < 4.78 is 1.57. The van der Waals surface area contributed by atoms with Crippen molar-refractivity contribution in [2.45, 2.75) is 39.2 Å². The molecule has 1 aliphatic rings. The minimum Gasteiger partial charge on any atom is -0.342 e. The molecule has 0 bridgehead atoms. The van der Waals surface area contributed by atoms with Crippen molar-refractivity contribution in [1.29, 1.82) is 0 Å². The van der Waals surface area contributed by atoms with Crippen LogP contribution in [-0.2, 0) is 11.3 Å². The Bertz CT molecular complexity index is 1060. The van der Waals surface area contributed by atoms with Crippen LogP contribution >= 0.6 is 11.3 Å². The molecule has 0 aliphatic carbocycles. The fraction of sp³-hybridized carbons (Fsp3) is 0.375. The number of piperidine rings is 1. The number of carbonyl (C=O) groups excluding carboxylic acids is 1. The van der Waals surface area contributed by atoms with Crippen LogP contribution in [0.4, 0.5) is 0 Å². The van der Waals surface area contributed by atoms with Gasteiger partial charge in [-0.3, -0.25) is 9.59 Å². The number of likely N-dealkylation sites (tertiary alicyclic amines) is 1. The van der Waals surface area contributed by atoms with Crippen LogP contribution in [0.25, 0.3) is 10.6 Å². The second-order valence-corrected chi connectivity index (χ2v) is 9.09. The fourth-order valence-electron chi connectivity index (χ4n) is 4.07. The van der Waals surface area contributed by atoms with Gasteiger partial charge in [0, 0.05) is 25.7 Å². The zero-order valence-corrected chi connectivity index (χ0v) is 18.3. The van der Waals surface area contributed by atoms with Gasteiger partial charge in [-0.15, -0.1) is 11.3 Å². The lowest BCUT2D eigenvalue weighted by Gasteiger charge is -2.34. The summed E-state index contributed by atoms with van der Waals surface area (Å²) in [6, 6.07) is 15.6. The van der Waals surface area contributed by atoms with Crippen LogP contribution in [0.5, 0.6) is 0 Å². The predicted molar refractivity (Wildman–Crippen MR) is 121 cm³/mol. The molecule has 2 aromatic heterocycles. The minimum atomic E-state index is -0.160. The minimum absolute atomic E-state index is 0.0909. The van der Waals surface area contributed by atoms with Crippen LogP contribution in [0, 0.1) is 12.8 Å². The molecule has 1 saturated heterocycles. The van der Waals surface area contributed by atoms with Gasteiger partial charge in [-0.2, -0.15) is 5.10 Å². The maximum Gasteiger partial charge on any atom is 0.266 e. The molecule has 3 heterocycles. The molecule has 2 atom stereocenters. The zero-order valence-electron chi connectivity index (χ0n) is 17.5. The summed E-state index contributed by atoms with van der Waals surface area (Å²) >= 11 is 1.61. The highest BCUT2D eigenvalue weighted by Gasteiger charge is 2.28. The van der Waals surface area contributed by atoms with Gasteiger partial charge in [0.05, 0.1) is 10.8 Å². The van der Waals surface area contributed by atoms with Crippen LogP contribution < -0.4 is 5.56 Å². The van der Waals surface area contributed by atoms with Crippen LogP contribution in [0.1, 0.15) is 36.8 Å². The molecule has 6 heteroatoms. The molecule has 0 radical (unpaired) electrons. The molecule has 0 unspecified atom stereocenters. The quantitative estimate of drug-likeness (QED) is 0.616. The molecule has 1 amide bonds. The van der Waals surface area contributed by atoms with Gasteiger partial charge in [-0.1, -0.05) is 35.9 Å². The molecule has 1 fully saturated rings. The average Bonchev–Trinajstić information content (AvgIpc) is 3.30. The van der Waals surface area contributed by atoms with E-state index in [0.717, 1.165) is 35.5 Å². The zero-order chi connectivity index (χ0) is 21.1. The molecule has 3 aromatic rings. The number of aryl methyl sites for hydroxylation is 1. The number of thiophene rings is 1. The lowest BCUT2D eigenvalue weighted by Crippen LogP contribution is -2.43. The van der Waals surface area contributed by atoms with E-state index in [1.165, 1.54) is 5.56 Å². The van der Waals surface area contributed by atoms with Gasteiger partial charge >= 0.3 is 0 Å². The summed E-state index contributed by atoms with van der Waals surface area (Å²) in [7, 11) is 0. The predicted octanol–water partition coefficient (Wildman–Crippen LogP) is 4.32. The van der Waals surface area contributed by atoms with Gasteiger partial charge in [0.1, 0.15) is 5.69 Å². The summed E-state index contributed by atoms with van der Waals surface area (Å²) in [6.07, 6.45) is 1.95. The molecular weight excluding hydrogens is 394 g/mol. The Hall–Kier alpha value is -2.73. The first kappa shape index (κ1) is 20.5. The lowest BCUT2D eigenvalue weighted by molar-refractivity contribution is -0.134. The van der Waals surface area contributed by atoms with Crippen molar-refractivity contribution in [3.63, 3.8) is 0 Å². The third kappa shape index (κ3) is 4.54. The molecule has 30 heavy (non-hydrogen) atoms. The number of amides is 1. The largest absolute Gasteiger partial charge is 0.342 e. The van der Waals surface area contributed by atoms with Crippen LogP contribution in [0.2, 0.25) is 0 Å². The van der Waals surface area contributed by atoms with Crippen LogP contribution in [0.3, 0.4) is 0 Å². The molecule has 156 valence electrons. The maximum absolute atomic E-state index is 13.1. The Balaban J connectivity index is 1.45. The molecule has 0 N–H and O–H groups in total. The van der Waals surface area contributed by atoms with E-state index in [1.54, 1.807) is 28.2 Å². The molecular formula is C24H27N3O2S. The second kappa shape index (κ2) is 8.96. The number of hydrogen-bond acceptors (Lipinski definition) is 4. The third-order valence-electron chi connectivity index (χ3n) is 5.85. The van der Waals surface area contributed by atoms with Crippen LogP contribution in [-0.4, -0.2) is 33.7 Å². The summed E-state index contributed by atoms with van der Waals surface area (Å²) in [4.78, 5) is 28.5. The fourth-order valence-corrected chi connectivity index (χ4v) is 4.76. The Morgan fingerprint density at radius 2 is 2.00 bits per heavy atom. The smallest absolute Gasteiger partial charge is 0.266 e. The van der Waals surface area contributed by atoms with E-state index in [2.05, 4.69) is 24.2 Å². The Morgan fingerprint density at radius 1 is 1.20 bits per heavy atom. The monoisotopic (exact) mass is 421 g/mol. The van der Waals surface area contributed by atoms with Crippen molar-refractivity contribution in [2.75, 3.05) is 13.1 Å². The topological polar surface area (TPSA) is 55.2 Å². The number of nitrogens with zero attached hydrogens (tertiary/aromatic N) is 3. The summed E-state index contributed by atoms with van der Waals surface area (Å²) in [5.74, 6) is 0.236. The first-order valence-electron chi connectivity index (χ1n) is 10.5. The maximum atomic E-state index is 13.1. The Labute approximate surface area is 181 Å². The summed E-state index contributed by atoms with van der Waals surface area (Å²) in [6.45, 7) is 6.03. The highest BCUT2D eigenvalue weighted by Crippen LogP contribution is 2.25. The van der Waals surface area contributed by atoms with E-state index >= 15 is 0 Å². The van der Waals surface area contributed by atoms with E-state index in [1.807, 2.05) is 41.5 Å². The van der Waals surface area contributed by atoms with Crippen molar-refractivity contribution in [3.8, 4) is 10.6 Å². The van der Waals surface area contributed by atoms with Gasteiger partial charge in [-0.25, -0.2) is 4.68 Å². The summed E-state index contributed by atoms with van der Waals surface area (Å²) in [5.41, 5.74) is 2.97. The van der Waals surface area contributed by atoms with Gasteiger partial charge < -0.3 is 4.90 Å². The summed E-state index contributed by atoms with van der Waals surface area (Å²) in [5, 5.41) is 6.59. The molecule has 4 rings (SSSR count). The second-order valence-electron chi connectivity index (χ2n) is 8.14.